The predicted molar refractivity (Wildman–Crippen MR) is 88.7 cm³/mol. The average Bonchev–Trinajstić information content (AvgIpc) is 3.31. The Morgan fingerprint density at radius 2 is 2.20 bits per heavy atom. The number of hydrogen-bond donors (Lipinski definition) is 2. The Morgan fingerprint density at radius 3 is 3.00 bits per heavy atom. The van der Waals surface area contributed by atoms with Gasteiger partial charge in [0.1, 0.15) is 12.1 Å². The molecule has 2 atom stereocenters. The van der Waals surface area contributed by atoms with E-state index in [0.717, 1.165) is 41.9 Å². The molecule has 0 unspecified atom stereocenters. The van der Waals surface area contributed by atoms with Gasteiger partial charge in [0.2, 0.25) is 5.91 Å². The van der Waals surface area contributed by atoms with Crippen LogP contribution in [0.25, 0.3) is 0 Å². The van der Waals surface area contributed by atoms with Gasteiger partial charge < -0.3 is 15.4 Å². The predicted octanol–water partition coefficient (Wildman–Crippen LogP) is 0.675. The largest absolute Gasteiger partial charge is 0.376 e. The van der Waals surface area contributed by atoms with Gasteiger partial charge in [-0.1, -0.05) is 24.3 Å². The van der Waals surface area contributed by atoms with Crippen molar-refractivity contribution in [2.75, 3.05) is 19.7 Å². The van der Waals surface area contributed by atoms with Gasteiger partial charge in [-0.2, -0.15) is 0 Å². The van der Waals surface area contributed by atoms with Gasteiger partial charge in [-0.25, -0.2) is 4.79 Å². The number of carbonyl (C=O) groups is 3. The number of nitrogens with zero attached hydrogens (tertiary/aromatic N) is 1. The van der Waals surface area contributed by atoms with Crippen molar-refractivity contribution in [3.63, 3.8) is 0 Å². The van der Waals surface area contributed by atoms with Crippen LogP contribution in [-0.4, -0.2) is 48.5 Å². The lowest BCUT2D eigenvalue weighted by atomic mass is 9.92. The normalized spacial score (nSPS) is 27.7. The first-order valence-corrected chi connectivity index (χ1v) is 8.71. The van der Waals surface area contributed by atoms with E-state index >= 15 is 0 Å². The molecule has 1 aliphatic carbocycles. The molecule has 0 aromatic heterocycles. The van der Waals surface area contributed by atoms with Crippen LogP contribution in [-0.2, 0) is 26.3 Å². The lowest BCUT2D eigenvalue weighted by Gasteiger charge is -2.22. The molecule has 7 heteroatoms. The summed E-state index contributed by atoms with van der Waals surface area (Å²) in [6, 6.07) is 7.13. The van der Waals surface area contributed by atoms with E-state index in [-0.39, 0.29) is 24.5 Å². The van der Waals surface area contributed by atoms with Crippen molar-refractivity contribution in [1.29, 1.82) is 0 Å². The van der Waals surface area contributed by atoms with Gasteiger partial charge in [0, 0.05) is 13.2 Å². The summed E-state index contributed by atoms with van der Waals surface area (Å²) in [6.07, 6.45) is 3.21. The summed E-state index contributed by atoms with van der Waals surface area (Å²) in [5.74, 6) is -0.683. The molecule has 2 fully saturated rings. The fourth-order valence-electron chi connectivity index (χ4n) is 3.97. The molecule has 1 spiro atoms. The minimum Gasteiger partial charge on any atom is -0.376 e. The first-order valence-electron chi connectivity index (χ1n) is 8.71. The van der Waals surface area contributed by atoms with Crippen molar-refractivity contribution in [3.05, 3.63) is 35.4 Å². The molecule has 7 nitrogen and oxygen atoms in total. The quantitative estimate of drug-likeness (QED) is 0.787. The zero-order chi connectivity index (χ0) is 17.4. The number of urea groups is 1. The second-order valence-corrected chi connectivity index (χ2v) is 6.82. The van der Waals surface area contributed by atoms with Crippen molar-refractivity contribution in [2.45, 2.75) is 37.3 Å². The van der Waals surface area contributed by atoms with Crippen LogP contribution >= 0.6 is 0 Å². The van der Waals surface area contributed by atoms with Gasteiger partial charge in [-0.3, -0.25) is 14.5 Å². The number of fused-ring (bicyclic) bond motifs is 2. The third kappa shape index (κ3) is 2.68. The molecule has 4 rings (SSSR count). The molecule has 0 bridgehead atoms. The van der Waals surface area contributed by atoms with E-state index in [4.69, 9.17) is 4.74 Å². The van der Waals surface area contributed by atoms with E-state index in [0.29, 0.717) is 13.0 Å². The fourth-order valence-corrected chi connectivity index (χ4v) is 3.97. The number of carbonyl (C=O) groups excluding carboxylic acids is 3. The monoisotopic (exact) mass is 343 g/mol. The van der Waals surface area contributed by atoms with E-state index in [1.807, 2.05) is 24.3 Å². The summed E-state index contributed by atoms with van der Waals surface area (Å²) in [5.41, 5.74) is 0.902. The first kappa shape index (κ1) is 16.1. The standard InChI is InChI=1S/C18H21N3O4/c22-15(19-10-13-5-3-9-25-13)11-21-16(23)18(20-17(21)24)8-7-12-4-1-2-6-14(12)18/h1-2,4,6,13H,3,5,7-11H2,(H,19,22)(H,20,24)/t13-,18+/m0/s1. The molecule has 2 heterocycles. The van der Waals surface area contributed by atoms with E-state index in [1.54, 1.807) is 0 Å². The number of ether oxygens (including phenoxy) is 1. The molecular weight excluding hydrogens is 322 g/mol. The topological polar surface area (TPSA) is 87.7 Å². The third-order valence-electron chi connectivity index (χ3n) is 5.27. The molecule has 0 radical (unpaired) electrons. The van der Waals surface area contributed by atoms with Gasteiger partial charge in [-0.15, -0.1) is 0 Å². The number of rotatable bonds is 4. The Morgan fingerprint density at radius 1 is 1.36 bits per heavy atom. The van der Waals surface area contributed by atoms with E-state index in [9.17, 15) is 14.4 Å². The fraction of sp³-hybridized carbons (Fsp3) is 0.500. The van der Waals surface area contributed by atoms with Crippen LogP contribution in [0.2, 0.25) is 0 Å². The molecule has 25 heavy (non-hydrogen) atoms. The molecule has 2 aliphatic heterocycles. The summed E-state index contributed by atoms with van der Waals surface area (Å²) in [5, 5.41) is 5.57. The highest BCUT2D eigenvalue weighted by Gasteiger charge is 2.55. The van der Waals surface area contributed by atoms with Crippen molar-refractivity contribution in [2.24, 2.45) is 0 Å². The Balaban J connectivity index is 1.44. The number of nitrogens with one attached hydrogen (secondary N) is 2. The molecular formula is C18H21N3O4. The second kappa shape index (κ2) is 6.15. The van der Waals surface area contributed by atoms with E-state index in [1.165, 1.54) is 0 Å². The number of imide groups is 1. The summed E-state index contributed by atoms with van der Waals surface area (Å²) < 4.78 is 5.46. The van der Waals surface area contributed by atoms with Crippen LogP contribution in [0.3, 0.4) is 0 Å². The van der Waals surface area contributed by atoms with Gasteiger partial charge in [0.25, 0.3) is 5.91 Å². The van der Waals surface area contributed by atoms with E-state index < -0.39 is 11.6 Å². The highest BCUT2D eigenvalue weighted by molar-refractivity contribution is 6.09. The van der Waals surface area contributed by atoms with Crippen LogP contribution in [0.5, 0.6) is 0 Å². The van der Waals surface area contributed by atoms with Crippen LogP contribution in [0, 0.1) is 0 Å². The maximum Gasteiger partial charge on any atom is 0.325 e. The Bertz CT molecular complexity index is 729. The molecule has 4 amide bonds. The third-order valence-corrected chi connectivity index (χ3v) is 5.27. The Hall–Kier alpha value is -2.41. The van der Waals surface area contributed by atoms with Crippen molar-refractivity contribution < 1.29 is 19.1 Å². The van der Waals surface area contributed by atoms with Gasteiger partial charge in [-0.05, 0) is 36.8 Å². The smallest absolute Gasteiger partial charge is 0.325 e. The molecule has 1 aromatic rings. The van der Waals surface area contributed by atoms with Crippen LogP contribution < -0.4 is 10.6 Å². The molecule has 2 saturated heterocycles. The zero-order valence-electron chi connectivity index (χ0n) is 13.9. The molecule has 0 saturated carbocycles. The summed E-state index contributed by atoms with van der Waals surface area (Å²) in [4.78, 5) is 38.5. The van der Waals surface area contributed by atoms with Crippen molar-refractivity contribution in [1.82, 2.24) is 15.5 Å². The highest BCUT2D eigenvalue weighted by atomic mass is 16.5. The Kier molecular flexibility index (Phi) is 3.95. The summed E-state index contributed by atoms with van der Waals surface area (Å²) in [6.45, 7) is 0.868. The van der Waals surface area contributed by atoms with Crippen molar-refractivity contribution in [3.8, 4) is 0 Å². The molecule has 3 aliphatic rings. The Labute approximate surface area is 145 Å². The minimum absolute atomic E-state index is 0.0279. The molecule has 1 aromatic carbocycles. The minimum atomic E-state index is -1.01. The van der Waals surface area contributed by atoms with E-state index in [2.05, 4.69) is 10.6 Å². The van der Waals surface area contributed by atoms with Crippen LogP contribution in [0.1, 0.15) is 30.4 Å². The molecule has 132 valence electrons. The maximum atomic E-state index is 12.9. The number of benzene rings is 1. The highest BCUT2D eigenvalue weighted by Crippen LogP contribution is 2.41. The van der Waals surface area contributed by atoms with Gasteiger partial charge in [0.15, 0.2) is 0 Å². The molecule has 2 N–H and O–H groups in total. The number of amides is 4. The summed E-state index contributed by atoms with van der Waals surface area (Å²) in [7, 11) is 0. The van der Waals surface area contributed by atoms with Crippen molar-refractivity contribution >= 4 is 17.8 Å². The lowest BCUT2D eigenvalue weighted by Crippen LogP contribution is -2.44. The lowest BCUT2D eigenvalue weighted by molar-refractivity contribution is -0.135. The summed E-state index contributed by atoms with van der Waals surface area (Å²) >= 11 is 0. The van der Waals surface area contributed by atoms with Crippen LogP contribution in [0.15, 0.2) is 24.3 Å². The second-order valence-electron chi connectivity index (χ2n) is 6.82. The number of hydrogen-bond acceptors (Lipinski definition) is 4. The van der Waals surface area contributed by atoms with Gasteiger partial charge >= 0.3 is 6.03 Å². The average molecular weight is 343 g/mol. The first-order chi connectivity index (χ1) is 12.1. The van der Waals surface area contributed by atoms with Gasteiger partial charge in [0.05, 0.1) is 6.10 Å². The SMILES string of the molecule is O=C(CN1C(=O)N[C@@]2(CCc3ccccc32)C1=O)NC[C@@H]1CCCO1. The maximum absolute atomic E-state index is 12.9. The number of aryl methyl sites for hydroxylation is 1. The van der Waals surface area contributed by atoms with Crippen LogP contribution in [0.4, 0.5) is 4.79 Å². The zero-order valence-corrected chi connectivity index (χ0v) is 13.9.